The second-order valence-electron chi connectivity index (χ2n) is 3.50. The van der Waals surface area contributed by atoms with E-state index >= 15 is 0 Å². The molecule has 0 aliphatic rings. The van der Waals surface area contributed by atoms with E-state index in [2.05, 4.69) is 20.7 Å². The Hall–Kier alpha value is -0.890. The first-order chi connectivity index (χ1) is 8.54. The number of hydrogen-bond acceptors (Lipinski definition) is 4. The molecule has 2 rings (SSSR count). The minimum absolute atomic E-state index is 0.212. The third kappa shape index (κ3) is 2.74. The first kappa shape index (κ1) is 13.5. The van der Waals surface area contributed by atoms with Gasteiger partial charge in [0.2, 0.25) is 0 Å². The van der Waals surface area contributed by atoms with Crippen LogP contribution >= 0.6 is 27.3 Å². The minimum atomic E-state index is -3.58. The monoisotopic (exact) mass is 346 g/mol. The van der Waals surface area contributed by atoms with Crippen LogP contribution in [-0.4, -0.2) is 8.42 Å². The molecule has 1 heterocycles. The Balaban J connectivity index is 2.37. The third-order valence-corrected chi connectivity index (χ3v) is 5.51. The van der Waals surface area contributed by atoms with Crippen LogP contribution in [0.2, 0.25) is 0 Å². The highest BCUT2D eigenvalue weighted by atomic mass is 79.9. The molecule has 7 heteroatoms. The lowest BCUT2D eigenvalue weighted by atomic mass is 10.3. The van der Waals surface area contributed by atoms with Gasteiger partial charge < -0.3 is 5.73 Å². The summed E-state index contributed by atoms with van der Waals surface area (Å²) in [5.74, 6) is 0. The smallest absolute Gasteiger partial charge is 0.263 e. The summed E-state index contributed by atoms with van der Waals surface area (Å²) in [6.45, 7) is 0.212. The Morgan fingerprint density at radius 1 is 1.28 bits per heavy atom. The Labute approximate surface area is 118 Å². The van der Waals surface area contributed by atoms with Crippen molar-refractivity contribution in [3.05, 3.63) is 45.1 Å². The van der Waals surface area contributed by atoms with Crippen LogP contribution in [0.4, 0.5) is 5.69 Å². The van der Waals surface area contributed by atoms with Gasteiger partial charge in [0, 0.05) is 15.9 Å². The second-order valence-corrected chi connectivity index (χ2v) is 7.00. The molecule has 1 aromatic heterocycles. The van der Waals surface area contributed by atoms with E-state index < -0.39 is 10.0 Å². The number of nitrogens with two attached hydrogens (primary N) is 1. The summed E-state index contributed by atoms with van der Waals surface area (Å²) in [4.78, 5) is 0.889. The number of anilines is 1. The molecule has 18 heavy (non-hydrogen) atoms. The number of para-hydroxylation sites is 1. The van der Waals surface area contributed by atoms with E-state index in [1.807, 2.05) is 6.07 Å². The van der Waals surface area contributed by atoms with Crippen molar-refractivity contribution in [2.45, 2.75) is 11.4 Å². The summed E-state index contributed by atoms with van der Waals surface area (Å²) >= 11 is 4.63. The van der Waals surface area contributed by atoms with Gasteiger partial charge in [-0.1, -0.05) is 12.1 Å². The molecular formula is C11H11BrN2O2S2. The molecule has 0 aliphatic heterocycles. The van der Waals surface area contributed by atoms with E-state index in [1.54, 1.807) is 29.6 Å². The molecule has 0 saturated carbocycles. The van der Waals surface area contributed by atoms with Crippen molar-refractivity contribution in [3.63, 3.8) is 0 Å². The van der Waals surface area contributed by atoms with E-state index in [4.69, 9.17) is 5.73 Å². The molecule has 0 fully saturated rings. The van der Waals surface area contributed by atoms with Gasteiger partial charge in [0.15, 0.2) is 0 Å². The summed E-state index contributed by atoms with van der Waals surface area (Å²) in [5, 5.41) is 1.72. The number of benzene rings is 1. The molecule has 0 unspecified atom stereocenters. The molecule has 3 N–H and O–H groups in total. The number of hydrogen-bond donors (Lipinski definition) is 2. The summed E-state index contributed by atoms with van der Waals surface area (Å²) in [7, 11) is -3.58. The maximum atomic E-state index is 12.2. The van der Waals surface area contributed by atoms with Crippen molar-refractivity contribution in [2.24, 2.45) is 5.73 Å². The number of nitrogens with one attached hydrogen (secondary N) is 1. The summed E-state index contributed by atoms with van der Waals surface area (Å²) in [5.41, 5.74) is 6.03. The van der Waals surface area contributed by atoms with Crippen LogP contribution < -0.4 is 10.5 Å². The van der Waals surface area contributed by atoms with Crippen molar-refractivity contribution in [3.8, 4) is 0 Å². The molecule has 0 aliphatic carbocycles. The van der Waals surface area contributed by atoms with Crippen molar-refractivity contribution in [1.29, 1.82) is 0 Å². The lowest BCUT2D eigenvalue weighted by Crippen LogP contribution is -2.14. The van der Waals surface area contributed by atoms with Crippen molar-refractivity contribution >= 4 is 43.0 Å². The number of rotatable bonds is 4. The fraction of sp³-hybridized carbons (Fsp3) is 0.0909. The Bertz CT molecular complexity index is 653. The lowest BCUT2D eigenvalue weighted by Gasteiger charge is -2.09. The van der Waals surface area contributed by atoms with E-state index in [9.17, 15) is 8.42 Å². The highest BCUT2D eigenvalue weighted by molar-refractivity contribution is 9.10. The van der Waals surface area contributed by atoms with Gasteiger partial charge in [-0.3, -0.25) is 4.72 Å². The molecule has 1 aromatic carbocycles. The molecule has 0 atom stereocenters. The van der Waals surface area contributed by atoms with Gasteiger partial charge in [-0.2, -0.15) is 0 Å². The first-order valence-electron chi connectivity index (χ1n) is 5.08. The minimum Gasteiger partial charge on any atom is -0.326 e. The molecule has 96 valence electrons. The van der Waals surface area contributed by atoms with Crippen LogP contribution in [0.5, 0.6) is 0 Å². The van der Waals surface area contributed by atoms with Gasteiger partial charge >= 0.3 is 0 Å². The molecule has 0 radical (unpaired) electrons. The molecule has 0 saturated heterocycles. The van der Waals surface area contributed by atoms with E-state index in [0.717, 1.165) is 0 Å². The highest BCUT2D eigenvalue weighted by Gasteiger charge is 2.19. The van der Waals surface area contributed by atoms with Gasteiger partial charge in [0.05, 0.1) is 5.69 Å². The van der Waals surface area contributed by atoms with Crippen molar-refractivity contribution in [1.82, 2.24) is 0 Å². The van der Waals surface area contributed by atoms with Crippen LogP contribution in [0, 0.1) is 0 Å². The summed E-state index contributed by atoms with van der Waals surface area (Å²) in [6, 6.07) is 8.61. The van der Waals surface area contributed by atoms with Gasteiger partial charge in [0.25, 0.3) is 10.0 Å². The van der Waals surface area contributed by atoms with E-state index in [1.165, 1.54) is 11.3 Å². The topological polar surface area (TPSA) is 72.2 Å². The lowest BCUT2D eigenvalue weighted by molar-refractivity contribution is 0.600. The van der Waals surface area contributed by atoms with Crippen LogP contribution in [0.1, 0.15) is 4.88 Å². The number of halogens is 1. The maximum absolute atomic E-state index is 12.2. The Morgan fingerprint density at radius 3 is 2.67 bits per heavy atom. The molecule has 4 nitrogen and oxygen atoms in total. The molecule has 0 bridgehead atoms. The predicted molar refractivity (Wildman–Crippen MR) is 77.2 cm³/mol. The average Bonchev–Trinajstić information content (AvgIpc) is 2.81. The summed E-state index contributed by atoms with van der Waals surface area (Å²) in [6.07, 6.45) is 0. The SMILES string of the molecule is NCc1sccc1S(=O)(=O)Nc1ccccc1Br. The van der Waals surface area contributed by atoms with Crippen LogP contribution in [0.15, 0.2) is 45.1 Å². The van der Waals surface area contributed by atoms with Crippen molar-refractivity contribution in [2.75, 3.05) is 4.72 Å². The van der Waals surface area contributed by atoms with Gasteiger partial charge in [0.1, 0.15) is 4.90 Å². The normalized spacial score (nSPS) is 11.4. The van der Waals surface area contributed by atoms with Crippen LogP contribution in [0.3, 0.4) is 0 Å². The second kappa shape index (κ2) is 5.40. The molecular weight excluding hydrogens is 336 g/mol. The van der Waals surface area contributed by atoms with Crippen molar-refractivity contribution < 1.29 is 8.42 Å². The predicted octanol–water partition coefficient (Wildman–Crippen LogP) is 2.77. The van der Waals surface area contributed by atoms with Crippen LogP contribution in [-0.2, 0) is 16.6 Å². The van der Waals surface area contributed by atoms with Crippen LogP contribution in [0.25, 0.3) is 0 Å². The van der Waals surface area contributed by atoms with Gasteiger partial charge in [-0.25, -0.2) is 8.42 Å². The third-order valence-electron chi connectivity index (χ3n) is 2.30. The van der Waals surface area contributed by atoms with E-state index in [0.29, 0.717) is 15.0 Å². The fourth-order valence-electron chi connectivity index (χ4n) is 1.46. The molecule has 0 spiro atoms. The van der Waals surface area contributed by atoms with Gasteiger partial charge in [-0.15, -0.1) is 11.3 Å². The maximum Gasteiger partial charge on any atom is 0.263 e. The first-order valence-corrected chi connectivity index (χ1v) is 8.24. The standard InChI is InChI=1S/C11H11BrN2O2S2/c12-8-3-1-2-4-9(8)14-18(15,16)11-5-6-17-10(11)7-13/h1-6,14H,7,13H2. The number of sulfonamides is 1. The Kier molecular flexibility index (Phi) is 4.06. The fourth-order valence-corrected chi connectivity index (χ4v) is 4.39. The molecule has 2 aromatic rings. The zero-order chi connectivity index (χ0) is 13.2. The zero-order valence-corrected chi connectivity index (χ0v) is 12.5. The highest BCUT2D eigenvalue weighted by Crippen LogP contribution is 2.27. The van der Waals surface area contributed by atoms with Gasteiger partial charge in [-0.05, 0) is 39.5 Å². The zero-order valence-electron chi connectivity index (χ0n) is 9.26. The number of thiophene rings is 1. The van der Waals surface area contributed by atoms with E-state index in [-0.39, 0.29) is 11.4 Å². The largest absolute Gasteiger partial charge is 0.326 e. The summed E-state index contributed by atoms with van der Waals surface area (Å²) < 4.78 is 27.7. The average molecular weight is 347 g/mol. The quantitative estimate of drug-likeness (QED) is 0.893. The Morgan fingerprint density at radius 2 is 2.00 bits per heavy atom. The molecule has 0 amide bonds.